The molecule has 114 valence electrons. The van der Waals surface area contributed by atoms with Crippen LogP contribution in [-0.4, -0.2) is 11.9 Å². The van der Waals surface area contributed by atoms with Gasteiger partial charge in [-0.15, -0.1) is 0 Å². The maximum absolute atomic E-state index is 14.2. The van der Waals surface area contributed by atoms with Gasteiger partial charge >= 0.3 is 0 Å². The van der Waals surface area contributed by atoms with Gasteiger partial charge in [0.25, 0.3) is 0 Å². The van der Waals surface area contributed by atoms with Crippen LogP contribution in [0.15, 0.2) is 12.1 Å². The van der Waals surface area contributed by atoms with Crippen molar-refractivity contribution in [1.82, 2.24) is 0 Å². The largest absolute Gasteiger partial charge is 0.380 e. The van der Waals surface area contributed by atoms with E-state index in [-0.39, 0.29) is 11.7 Å². The summed E-state index contributed by atoms with van der Waals surface area (Å²) in [5.74, 6) is -0.182. The average Bonchev–Trinajstić information content (AvgIpc) is 2.42. The lowest BCUT2D eigenvalue weighted by Gasteiger charge is -2.24. The third-order valence-corrected chi connectivity index (χ3v) is 4.55. The Hall–Kier alpha value is -1.58. The fourth-order valence-electron chi connectivity index (χ4n) is 3.33. The summed E-state index contributed by atoms with van der Waals surface area (Å²) in [5, 5.41) is 6.20. The molecule has 1 aromatic rings. The molecule has 4 heteroatoms. The SMILES string of the molecule is O=C1CCc2cc(F)c(NC3CCCCCCC3)cc2N1. The topological polar surface area (TPSA) is 41.1 Å². The molecule has 0 unspecified atom stereocenters. The first-order chi connectivity index (χ1) is 10.2. The molecule has 0 spiro atoms. The second kappa shape index (κ2) is 6.46. The molecule has 1 fully saturated rings. The Morgan fingerprint density at radius 1 is 1.05 bits per heavy atom. The van der Waals surface area contributed by atoms with Crippen LogP contribution in [0.25, 0.3) is 0 Å². The quantitative estimate of drug-likeness (QED) is 0.855. The summed E-state index contributed by atoms with van der Waals surface area (Å²) >= 11 is 0. The predicted molar refractivity (Wildman–Crippen MR) is 83.1 cm³/mol. The van der Waals surface area contributed by atoms with E-state index >= 15 is 0 Å². The van der Waals surface area contributed by atoms with E-state index in [4.69, 9.17) is 0 Å². The van der Waals surface area contributed by atoms with Crippen molar-refractivity contribution in [3.05, 3.63) is 23.5 Å². The first-order valence-corrected chi connectivity index (χ1v) is 8.11. The van der Waals surface area contributed by atoms with Gasteiger partial charge in [0.15, 0.2) is 0 Å². The van der Waals surface area contributed by atoms with Crippen LogP contribution in [0.1, 0.15) is 56.9 Å². The number of hydrogen-bond donors (Lipinski definition) is 2. The lowest BCUT2D eigenvalue weighted by molar-refractivity contribution is -0.116. The monoisotopic (exact) mass is 290 g/mol. The number of anilines is 2. The van der Waals surface area contributed by atoms with Crippen molar-refractivity contribution < 1.29 is 9.18 Å². The molecule has 0 atom stereocenters. The van der Waals surface area contributed by atoms with Crippen LogP contribution in [0.2, 0.25) is 0 Å². The summed E-state index contributed by atoms with van der Waals surface area (Å²) in [6.07, 6.45) is 9.57. The standard InChI is InChI=1S/C17H23FN2O/c18-14-10-12-8-9-17(21)20-15(12)11-16(14)19-13-6-4-2-1-3-5-7-13/h10-11,13,19H,1-9H2,(H,20,21). The van der Waals surface area contributed by atoms with Gasteiger partial charge in [0, 0.05) is 18.2 Å². The lowest BCUT2D eigenvalue weighted by atomic mass is 9.96. The second-order valence-corrected chi connectivity index (χ2v) is 6.22. The maximum Gasteiger partial charge on any atom is 0.224 e. The molecule has 2 aliphatic rings. The zero-order valence-corrected chi connectivity index (χ0v) is 12.4. The minimum atomic E-state index is -0.202. The van der Waals surface area contributed by atoms with Crippen molar-refractivity contribution in [2.24, 2.45) is 0 Å². The minimum Gasteiger partial charge on any atom is -0.380 e. The van der Waals surface area contributed by atoms with Crippen molar-refractivity contribution in [3.8, 4) is 0 Å². The van der Waals surface area contributed by atoms with Crippen LogP contribution >= 0.6 is 0 Å². The Labute approximate surface area is 125 Å². The Bertz CT molecular complexity index is 522. The van der Waals surface area contributed by atoms with Crippen LogP contribution in [-0.2, 0) is 11.2 Å². The van der Waals surface area contributed by atoms with Crippen LogP contribution < -0.4 is 10.6 Å². The van der Waals surface area contributed by atoms with Gasteiger partial charge in [0.05, 0.1) is 5.69 Å². The molecule has 0 saturated heterocycles. The minimum absolute atomic E-state index is 0.0195. The molecule has 1 saturated carbocycles. The molecule has 1 aromatic carbocycles. The summed E-state index contributed by atoms with van der Waals surface area (Å²) in [7, 11) is 0. The number of fused-ring (bicyclic) bond motifs is 1. The van der Waals surface area contributed by atoms with Crippen molar-refractivity contribution >= 4 is 17.3 Å². The van der Waals surface area contributed by atoms with Crippen molar-refractivity contribution in [3.63, 3.8) is 0 Å². The Morgan fingerprint density at radius 3 is 2.52 bits per heavy atom. The molecule has 1 amide bonds. The van der Waals surface area contributed by atoms with Gasteiger partial charge in [0.2, 0.25) is 5.91 Å². The van der Waals surface area contributed by atoms with Gasteiger partial charge in [-0.05, 0) is 37.0 Å². The Balaban J connectivity index is 1.75. The van der Waals surface area contributed by atoms with Crippen LogP contribution in [0.4, 0.5) is 15.8 Å². The number of carbonyl (C=O) groups is 1. The normalized spacial score (nSPS) is 20.1. The molecule has 1 heterocycles. The Morgan fingerprint density at radius 2 is 1.76 bits per heavy atom. The number of halogens is 1. The van der Waals surface area contributed by atoms with E-state index in [1.807, 2.05) is 0 Å². The molecular weight excluding hydrogens is 267 g/mol. The highest BCUT2D eigenvalue weighted by atomic mass is 19.1. The number of rotatable bonds is 2. The van der Waals surface area contributed by atoms with E-state index in [9.17, 15) is 9.18 Å². The van der Waals surface area contributed by atoms with Crippen molar-refractivity contribution in [1.29, 1.82) is 0 Å². The third-order valence-electron chi connectivity index (χ3n) is 4.55. The van der Waals surface area contributed by atoms with Crippen LogP contribution in [0, 0.1) is 5.82 Å². The van der Waals surface area contributed by atoms with E-state index in [2.05, 4.69) is 10.6 Å². The molecule has 3 nitrogen and oxygen atoms in total. The number of carbonyl (C=O) groups excluding carboxylic acids is 1. The van der Waals surface area contributed by atoms with Crippen LogP contribution in [0.5, 0.6) is 0 Å². The fourth-order valence-corrected chi connectivity index (χ4v) is 3.33. The van der Waals surface area contributed by atoms with Gasteiger partial charge in [0.1, 0.15) is 5.82 Å². The molecular formula is C17H23FN2O. The maximum atomic E-state index is 14.2. The van der Waals surface area contributed by atoms with Crippen LogP contribution in [0.3, 0.4) is 0 Å². The first-order valence-electron chi connectivity index (χ1n) is 8.11. The zero-order valence-electron chi connectivity index (χ0n) is 12.4. The molecule has 2 N–H and O–H groups in total. The highest BCUT2D eigenvalue weighted by molar-refractivity contribution is 5.94. The van der Waals surface area contributed by atoms with E-state index in [0.29, 0.717) is 24.6 Å². The average molecular weight is 290 g/mol. The smallest absolute Gasteiger partial charge is 0.224 e. The molecule has 0 aromatic heterocycles. The van der Waals surface area contributed by atoms with Crippen molar-refractivity contribution in [2.45, 2.75) is 63.8 Å². The highest BCUT2D eigenvalue weighted by Gasteiger charge is 2.19. The second-order valence-electron chi connectivity index (χ2n) is 6.22. The lowest BCUT2D eigenvalue weighted by Crippen LogP contribution is -2.23. The molecule has 3 rings (SSSR count). The first kappa shape index (κ1) is 14.4. The molecule has 0 bridgehead atoms. The molecule has 1 aliphatic carbocycles. The summed E-state index contributed by atoms with van der Waals surface area (Å²) < 4.78 is 14.2. The number of nitrogens with one attached hydrogen (secondary N) is 2. The van der Waals surface area contributed by atoms with E-state index in [1.165, 1.54) is 32.1 Å². The Kier molecular flexibility index (Phi) is 4.42. The van der Waals surface area contributed by atoms with E-state index in [0.717, 1.165) is 24.1 Å². The predicted octanol–water partition coefficient (Wildman–Crippen LogP) is 4.24. The number of benzene rings is 1. The highest BCUT2D eigenvalue weighted by Crippen LogP contribution is 2.30. The summed E-state index contributed by atoms with van der Waals surface area (Å²) in [6.45, 7) is 0. The van der Waals surface area contributed by atoms with Crippen molar-refractivity contribution in [2.75, 3.05) is 10.6 Å². The third kappa shape index (κ3) is 3.55. The van der Waals surface area contributed by atoms with Gasteiger partial charge in [-0.25, -0.2) is 4.39 Å². The van der Waals surface area contributed by atoms with Gasteiger partial charge in [-0.2, -0.15) is 0 Å². The van der Waals surface area contributed by atoms with E-state index in [1.54, 1.807) is 12.1 Å². The zero-order chi connectivity index (χ0) is 14.7. The fraction of sp³-hybridized carbons (Fsp3) is 0.588. The van der Waals surface area contributed by atoms with E-state index < -0.39 is 0 Å². The molecule has 1 aliphatic heterocycles. The molecule has 21 heavy (non-hydrogen) atoms. The summed E-state index contributed by atoms with van der Waals surface area (Å²) in [5.41, 5.74) is 2.19. The molecule has 0 radical (unpaired) electrons. The summed E-state index contributed by atoms with van der Waals surface area (Å²) in [4.78, 5) is 11.5. The number of amides is 1. The number of hydrogen-bond acceptors (Lipinski definition) is 2. The number of aryl methyl sites for hydroxylation is 1. The summed E-state index contributed by atoms with van der Waals surface area (Å²) in [6, 6.07) is 3.68. The van der Waals surface area contributed by atoms with Gasteiger partial charge < -0.3 is 10.6 Å². The van der Waals surface area contributed by atoms with Gasteiger partial charge in [-0.1, -0.05) is 32.1 Å². The van der Waals surface area contributed by atoms with Gasteiger partial charge in [-0.3, -0.25) is 4.79 Å².